The van der Waals surface area contributed by atoms with Crippen molar-refractivity contribution in [1.82, 2.24) is 10.2 Å². The molecule has 1 saturated heterocycles. The minimum Gasteiger partial charge on any atom is -0.353 e. The van der Waals surface area contributed by atoms with Crippen LogP contribution in [0.4, 0.5) is 0 Å². The fraction of sp³-hybridized carbons (Fsp3) is 0.882. The summed E-state index contributed by atoms with van der Waals surface area (Å²) in [6.07, 6.45) is 4.66. The number of likely N-dealkylation sites (tertiary alicyclic amines) is 1. The molecule has 3 N–H and O–H groups in total. The van der Waals surface area contributed by atoms with E-state index in [0.29, 0.717) is 6.54 Å². The summed E-state index contributed by atoms with van der Waals surface area (Å²) >= 11 is 0. The zero-order chi connectivity index (χ0) is 16.7. The largest absolute Gasteiger partial charge is 0.353 e. The number of carbonyl (C=O) groups is 2. The summed E-state index contributed by atoms with van der Waals surface area (Å²) < 4.78 is 0. The second kappa shape index (κ2) is 9.13. The summed E-state index contributed by atoms with van der Waals surface area (Å²) in [7, 11) is 0. The second-order valence-electron chi connectivity index (χ2n) is 6.73. The summed E-state index contributed by atoms with van der Waals surface area (Å²) in [5, 5.41) is 3.07. The molecule has 0 aromatic carbocycles. The lowest BCUT2D eigenvalue weighted by atomic mass is 9.93. The first-order valence-electron chi connectivity index (χ1n) is 8.75. The molecule has 5 nitrogen and oxygen atoms in total. The molecule has 1 aliphatic rings. The molecule has 0 radical (unpaired) electrons. The van der Waals surface area contributed by atoms with Crippen molar-refractivity contribution in [3.63, 3.8) is 0 Å². The molecule has 128 valence electrons. The van der Waals surface area contributed by atoms with Gasteiger partial charge in [-0.1, -0.05) is 33.6 Å². The second-order valence-corrected chi connectivity index (χ2v) is 6.73. The molecule has 0 aliphatic carbocycles. The number of hydrogen-bond acceptors (Lipinski definition) is 3. The minimum atomic E-state index is -0.453. The van der Waals surface area contributed by atoms with Crippen molar-refractivity contribution in [3.05, 3.63) is 0 Å². The first kappa shape index (κ1) is 18.9. The average Bonchev–Trinajstić information content (AvgIpc) is 2.52. The van der Waals surface area contributed by atoms with Crippen molar-refractivity contribution < 1.29 is 9.59 Å². The van der Waals surface area contributed by atoms with Crippen LogP contribution in [0, 0.1) is 11.8 Å². The van der Waals surface area contributed by atoms with Crippen LogP contribution in [0.25, 0.3) is 0 Å². The molecule has 1 rings (SSSR count). The van der Waals surface area contributed by atoms with Crippen molar-refractivity contribution in [2.24, 2.45) is 17.6 Å². The molecule has 2 amide bonds. The Labute approximate surface area is 135 Å². The van der Waals surface area contributed by atoms with Gasteiger partial charge in [-0.05, 0) is 32.1 Å². The highest BCUT2D eigenvalue weighted by atomic mass is 16.2. The van der Waals surface area contributed by atoms with Gasteiger partial charge in [-0.3, -0.25) is 9.59 Å². The molecule has 1 aliphatic heterocycles. The normalized spacial score (nSPS) is 22.8. The number of nitrogens with two attached hydrogens (primary N) is 1. The maximum atomic E-state index is 12.5. The van der Waals surface area contributed by atoms with E-state index in [2.05, 4.69) is 12.2 Å². The Morgan fingerprint density at radius 1 is 1.32 bits per heavy atom. The Morgan fingerprint density at radius 2 is 2.00 bits per heavy atom. The van der Waals surface area contributed by atoms with Crippen LogP contribution in [-0.4, -0.2) is 41.9 Å². The van der Waals surface area contributed by atoms with Crippen molar-refractivity contribution in [1.29, 1.82) is 0 Å². The molecule has 5 heteroatoms. The lowest BCUT2D eigenvalue weighted by Crippen LogP contribution is -2.52. The van der Waals surface area contributed by atoms with Gasteiger partial charge in [-0.2, -0.15) is 0 Å². The minimum absolute atomic E-state index is 0.00606. The molecule has 0 saturated carbocycles. The predicted molar refractivity (Wildman–Crippen MR) is 89.2 cm³/mol. The number of nitrogens with zero attached hydrogens (tertiary/aromatic N) is 1. The summed E-state index contributed by atoms with van der Waals surface area (Å²) in [5.74, 6) is 0.149. The van der Waals surface area contributed by atoms with Crippen molar-refractivity contribution in [2.45, 2.75) is 71.9 Å². The number of rotatable bonds is 7. The Hall–Kier alpha value is -1.10. The monoisotopic (exact) mass is 311 g/mol. The van der Waals surface area contributed by atoms with Gasteiger partial charge in [0.1, 0.15) is 0 Å². The number of piperidine rings is 1. The maximum Gasteiger partial charge on any atom is 0.239 e. The lowest BCUT2D eigenvalue weighted by molar-refractivity contribution is -0.137. The van der Waals surface area contributed by atoms with Gasteiger partial charge in [-0.25, -0.2) is 0 Å². The molecular weight excluding hydrogens is 278 g/mol. The maximum absolute atomic E-state index is 12.5. The van der Waals surface area contributed by atoms with Crippen LogP contribution in [0.2, 0.25) is 0 Å². The molecule has 4 atom stereocenters. The molecule has 0 aromatic rings. The topological polar surface area (TPSA) is 75.4 Å². The van der Waals surface area contributed by atoms with Crippen LogP contribution >= 0.6 is 0 Å². The third-order valence-electron chi connectivity index (χ3n) is 4.76. The smallest absolute Gasteiger partial charge is 0.239 e. The fourth-order valence-corrected chi connectivity index (χ4v) is 2.97. The standard InChI is InChI=1S/C17H33N3O2/c1-5-8-13(4)19-16(21)14-9-7-10-20(11-14)17(22)15(18)12(3)6-2/h12-15H,5-11,18H2,1-4H3,(H,19,21). The molecule has 4 unspecified atom stereocenters. The third-order valence-corrected chi connectivity index (χ3v) is 4.76. The van der Waals surface area contributed by atoms with Gasteiger partial charge >= 0.3 is 0 Å². The Morgan fingerprint density at radius 3 is 2.59 bits per heavy atom. The Balaban J connectivity index is 2.57. The summed E-state index contributed by atoms with van der Waals surface area (Å²) in [6.45, 7) is 9.42. The Kier molecular flexibility index (Phi) is 7.87. The van der Waals surface area contributed by atoms with E-state index >= 15 is 0 Å². The highest BCUT2D eigenvalue weighted by Gasteiger charge is 2.32. The highest BCUT2D eigenvalue weighted by Crippen LogP contribution is 2.19. The zero-order valence-electron chi connectivity index (χ0n) is 14.6. The quantitative estimate of drug-likeness (QED) is 0.754. The van der Waals surface area contributed by atoms with Crippen LogP contribution in [-0.2, 0) is 9.59 Å². The van der Waals surface area contributed by atoms with Crippen molar-refractivity contribution in [3.8, 4) is 0 Å². The SMILES string of the molecule is CCCC(C)NC(=O)C1CCCN(C(=O)C(N)C(C)CC)C1. The first-order chi connectivity index (χ1) is 10.4. The number of nitrogens with one attached hydrogen (secondary N) is 1. The first-order valence-corrected chi connectivity index (χ1v) is 8.75. The van der Waals surface area contributed by atoms with Crippen molar-refractivity contribution >= 4 is 11.8 Å². The zero-order valence-corrected chi connectivity index (χ0v) is 14.6. The van der Waals surface area contributed by atoms with Gasteiger partial charge in [-0.15, -0.1) is 0 Å². The summed E-state index contributed by atoms with van der Waals surface area (Å²) in [5.41, 5.74) is 6.05. The van der Waals surface area contributed by atoms with E-state index < -0.39 is 6.04 Å². The van der Waals surface area contributed by atoms with E-state index in [1.54, 1.807) is 4.90 Å². The molecule has 0 aromatic heterocycles. The average molecular weight is 311 g/mol. The van der Waals surface area contributed by atoms with E-state index in [9.17, 15) is 9.59 Å². The molecule has 1 fully saturated rings. The molecule has 0 bridgehead atoms. The van der Waals surface area contributed by atoms with Crippen LogP contribution < -0.4 is 11.1 Å². The van der Waals surface area contributed by atoms with Crippen LogP contribution in [0.3, 0.4) is 0 Å². The van der Waals surface area contributed by atoms with Crippen LogP contribution in [0.1, 0.15) is 59.8 Å². The fourth-order valence-electron chi connectivity index (χ4n) is 2.97. The van der Waals surface area contributed by atoms with Gasteiger partial charge in [0.05, 0.1) is 12.0 Å². The summed E-state index contributed by atoms with van der Waals surface area (Å²) in [4.78, 5) is 26.6. The van der Waals surface area contributed by atoms with E-state index in [-0.39, 0.29) is 29.7 Å². The van der Waals surface area contributed by atoms with E-state index in [1.165, 1.54) is 0 Å². The molecule has 0 spiro atoms. The van der Waals surface area contributed by atoms with Gasteiger partial charge in [0, 0.05) is 19.1 Å². The van der Waals surface area contributed by atoms with E-state index in [0.717, 1.165) is 38.6 Å². The highest BCUT2D eigenvalue weighted by molar-refractivity contribution is 5.84. The molecule has 1 heterocycles. The van der Waals surface area contributed by atoms with Gasteiger partial charge in [0.15, 0.2) is 0 Å². The lowest BCUT2D eigenvalue weighted by Gasteiger charge is -2.35. The Bertz CT molecular complexity index is 373. The van der Waals surface area contributed by atoms with Gasteiger partial charge in [0.2, 0.25) is 11.8 Å². The molecule has 22 heavy (non-hydrogen) atoms. The van der Waals surface area contributed by atoms with Gasteiger partial charge in [0.25, 0.3) is 0 Å². The number of carbonyl (C=O) groups excluding carboxylic acids is 2. The van der Waals surface area contributed by atoms with E-state index in [1.807, 2.05) is 20.8 Å². The summed E-state index contributed by atoms with van der Waals surface area (Å²) in [6, 6.07) is -0.253. The molecular formula is C17H33N3O2. The predicted octanol–water partition coefficient (Wildman–Crippen LogP) is 1.90. The van der Waals surface area contributed by atoms with Crippen LogP contribution in [0.15, 0.2) is 0 Å². The van der Waals surface area contributed by atoms with E-state index in [4.69, 9.17) is 5.73 Å². The van der Waals surface area contributed by atoms with Gasteiger partial charge < -0.3 is 16.0 Å². The van der Waals surface area contributed by atoms with Crippen LogP contribution in [0.5, 0.6) is 0 Å². The number of hydrogen-bond donors (Lipinski definition) is 2. The third kappa shape index (κ3) is 5.27. The number of amides is 2. The van der Waals surface area contributed by atoms with Crippen molar-refractivity contribution in [2.75, 3.05) is 13.1 Å².